The number of rotatable bonds is 5. The summed E-state index contributed by atoms with van der Waals surface area (Å²) in [6, 6.07) is 9.38. The van der Waals surface area contributed by atoms with Crippen molar-refractivity contribution in [3.8, 4) is 5.75 Å². The van der Waals surface area contributed by atoms with Gasteiger partial charge in [-0.2, -0.15) is 0 Å². The van der Waals surface area contributed by atoms with Crippen molar-refractivity contribution in [2.24, 2.45) is 0 Å². The van der Waals surface area contributed by atoms with Crippen LogP contribution in [0.5, 0.6) is 5.75 Å². The van der Waals surface area contributed by atoms with Crippen LogP contribution in [0.25, 0.3) is 0 Å². The zero-order valence-corrected chi connectivity index (χ0v) is 14.1. The second-order valence-electron chi connectivity index (χ2n) is 5.88. The SMILES string of the molecule is C[C@@H]1Cc2ccsc2[C@H](C)N1CCOc1ccc([N+](=O)[O-])cc1. The zero-order valence-electron chi connectivity index (χ0n) is 13.3. The molecule has 23 heavy (non-hydrogen) atoms. The molecule has 1 aliphatic heterocycles. The maximum absolute atomic E-state index is 10.6. The van der Waals surface area contributed by atoms with Crippen molar-refractivity contribution in [1.82, 2.24) is 4.90 Å². The third kappa shape index (κ3) is 3.38. The molecular formula is C17H20N2O3S. The normalized spacial score (nSPS) is 21.0. The molecule has 122 valence electrons. The van der Waals surface area contributed by atoms with Crippen LogP contribution < -0.4 is 4.74 Å². The summed E-state index contributed by atoms with van der Waals surface area (Å²) in [6.45, 7) is 5.92. The van der Waals surface area contributed by atoms with Gasteiger partial charge < -0.3 is 4.74 Å². The minimum absolute atomic E-state index is 0.0841. The van der Waals surface area contributed by atoms with E-state index in [9.17, 15) is 10.1 Å². The molecule has 0 aliphatic carbocycles. The number of nitro groups is 1. The molecule has 0 saturated carbocycles. The lowest BCUT2D eigenvalue weighted by Gasteiger charge is -2.38. The van der Waals surface area contributed by atoms with Crippen LogP contribution in [0.4, 0.5) is 5.69 Å². The topological polar surface area (TPSA) is 55.6 Å². The number of fused-ring (bicyclic) bond motifs is 1. The highest BCUT2D eigenvalue weighted by Crippen LogP contribution is 2.36. The monoisotopic (exact) mass is 332 g/mol. The quantitative estimate of drug-likeness (QED) is 0.612. The third-order valence-corrected chi connectivity index (χ3v) is 5.53. The maximum Gasteiger partial charge on any atom is 0.269 e. The third-order valence-electron chi connectivity index (χ3n) is 4.40. The fraction of sp³-hybridized carbons (Fsp3) is 0.412. The van der Waals surface area contributed by atoms with E-state index in [2.05, 4.69) is 30.2 Å². The average molecular weight is 332 g/mol. The Balaban J connectivity index is 1.57. The summed E-state index contributed by atoms with van der Waals surface area (Å²) in [5.74, 6) is 0.671. The van der Waals surface area contributed by atoms with Crippen LogP contribution in [0, 0.1) is 10.1 Å². The summed E-state index contributed by atoms with van der Waals surface area (Å²) in [5.41, 5.74) is 1.56. The molecule has 1 aromatic heterocycles. The molecule has 2 atom stereocenters. The molecule has 0 saturated heterocycles. The van der Waals surface area contributed by atoms with Gasteiger partial charge in [0.05, 0.1) is 4.92 Å². The Hall–Kier alpha value is -1.92. The van der Waals surface area contributed by atoms with E-state index in [1.165, 1.54) is 22.6 Å². The molecule has 3 rings (SSSR count). The van der Waals surface area contributed by atoms with Gasteiger partial charge in [-0.25, -0.2) is 0 Å². The summed E-state index contributed by atoms with van der Waals surface area (Å²) in [4.78, 5) is 14.2. The highest BCUT2D eigenvalue weighted by molar-refractivity contribution is 7.10. The van der Waals surface area contributed by atoms with Gasteiger partial charge in [0.1, 0.15) is 12.4 Å². The number of nitrogens with zero attached hydrogens (tertiary/aromatic N) is 2. The van der Waals surface area contributed by atoms with Gasteiger partial charge >= 0.3 is 0 Å². The second-order valence-corrected chi connectivity index (χ2v) is 6.82. The number of hydrogen-bond donors (Lipinski definition) is 0. The van der Waals surface area contributed by atoms with Crippen molar-refractivity contribution in [1.29, 1.82) is 0 Å². The van der Waals surface area contributed by atoms with Gasteiger partial charge in [0, 0.05) is 35.6 Å². The first kappa shape index (κ1) is 16.0. The highest BCUT2D eigenvalue weighted by atomic mass is 32.1. The summed E-state index contributed by atoms with van der Waals surface area (Å²) in [6.07, 6.45) is 1.08. The molecule has 6 heteroatoms. The first-order valence-electron chi connectivity index (χ1n) is 7.75. The van der Waals surface area contributed by atoms with Crippen LogP contribution in [-0.2, 0) is 6.42 Å². The Morgan fingerprint density at radius 2 is 2.04 bits per heavy atom. The Labute approximate surface area is 139 Å². The Kier molecular flexibility index (Phi) is 4.63. The number of thiophene rings is 1. The zero-order chi connectivity index (χ0) is 16.4. The largest absolute Gasteiger partial charge is 0.492 e. The molecule has 1 aromatic carbocycles. The van der Waals surface area contributed by atoms with Gasteiger partial charge in [0.2, 0.25) is 0 Å². The molecule has 5 nitrogen and oxygen atoms in total. The standard InChI is InChI=1S/C17H20N2O3S/c1-12-11-14-7-10-23-17(14)13(2)18(12)8-9-22-16-5-3-15(4-6-16)19(20)21/h3-7,10,12-13H,8-9,11H2,1-2H3/t12-,13+/m1/s1. The average Bonchev–Trinajstić information content (AvgIpc) is 2.99. The minimum atomic E-state index is -0.403. The van der Waals surface area contributed by atoms with Gasteiger partial charge in [-0.15, -0.1) is 11.3 Å². The first-order chi connectivity index (χ1) is 11.1. The van der Waals surface area contributed by atoms with Gasteiger partial charge in [0.25, 0.3) is 5.69 Å². The van der Waals surface area contributed by atoms with Crippen molar-refractivity contribution in [3.05, 3.63) is 56.3 Å². The van der Waals surface area contributed by atoms with Crippen molar-refractivity contribution in [2.45, 2.75) is 32.4 Å². The fourth-order valence-corrected chi connectivity index (χ4v) is 4.21. The van der Waals surface area contributed by atoms with Gasteiger partial charge in [-0.1, -0.05) is 0 Å². The lowest BCUT2D eigenvalue weighted by molar-refractivity contribution is -0.384. The van der Waals surface area contributed by atoms with E-state index in [-0.39, 0.29) is 5.69 Å². The van der Waals surface area contributed by atoms with E-state index in [1.807, 2.05) is 11.3 Å². The number of hydrogen-bond acceptors (Lipinski definition) is 5. The minimum Gasteiger partial charge on any atom is -0.492 e. The molecule has 0 N–H and O–H groups in total. The number of nitro benzene ring substituents is 1. The molecule has 0 fully saturated rings. The van der Waals surface area contributed by atoms with Crippen LogP contribution in [-0.4, -0.2) is 29.0 Å². The van der Waals surface area contributed by atoms with Crippen LogP contribution >= 0.6 is 11.3 Å². The first-order valence-corrected chi connectivity index (χ1v) is 8.63. The lowest BCUT2D eigenvalue weighted by atomic mass is 9.97. The molecule has 2 heterocycles. The van der Waals surface area contributed by atoms with E-state index < -0.39 is 4.92 Å². The predicted molar refractivity (Wildman–Crippen MR) is 91.2 cm³/mol. The Morgan fingerprint density at radius 3 is 2.74 bits per heavy atom. The molecule has 1 aliphatic rings. The van der Waals surface area contributed by atoms with Gasteiger partial charge in [-0.3, -0.25) is 15.0 Å². The van der Waals surface area contributed by atoms with Crippen molar-refractivity contribution < 1.29 is 9.66 Å². The molecule has 0 amide bonds. The number of ether oxygens (including phenoxy) is 1. The smallest absolute Gasteiger partial charge is 0.269 e. The fourth-order valence-electron chi connectivity index (χ4n) is 3.20. The predicted octanol–water partition coefficient (Wildman–Crippen LogP) is 4.04. The van der Waals surface area contributed by atoms with Crippen molar-refractivity contribution >= 4 is 17.0 Å². The van der Waals surface area contributed by atoms with E-state index in [4.69, 9.17) is 4.74 Å². The van der Waals surface area contributed by atoms with Crippen LogP contribution in [0.15, 0.2) is 35.7 Å². The Bertz CT molecular complexity index is 683. The van der Waals surface area contributed by atoms with E-state index in [0.717, 1.165) is 13.0 Å². The van der Waals surface area contributed by atoms with Gasteiger partial charge in [-0.05, 0) is 49.4 Å². The summed E-state index contributed by atoms with van der Waals surface area (Å²) >= 11 is 1.83. The molecular weight excluding hydrogens is 312 g/mol. The van der Waals surface area contributed by atoms with Crippen molar-refractivity contribution in [3.63, 3.8) is 0 Å². The number of non-ortho nitro benzene ring substituents is 1. The summed E-state index contributed by atoms with van der Waals surface area (Å²) < 4.78 is 5.75. The van der Waals surface area contributed by atoms with Crippen molar-refractivity contribution in [2.75, 3.05) is 13.2 Å². The van der Waals surface area contributed by atoms with E-state index in [1.54, 1.807) is 12.1 Å². The maximum atomic E-state index is 10.6. The molecule has 0 spiro atoms. The van der Waals surface area contributed by atoms with Crippen LogP contribution in [0.2, 0.25) is 0 Å². The molecule has 0 unspecified atom stereocenters. The highest BCUT2D eigenvalue weighted by Gasteiger charge is 2.29. The van der Waals surface area contributed by atoms with E-state index >= 15 is 0 Å². The van der Waals surface area contributed by atoms with E-state index in [0.29, 0.717) is 24.4 Å². The molecule has 0 radical (unpaired) electrons. The van der Waals surface area contributed by atoms with Crippen LogP contribution in [0.3, 0.4) is 0 Å². The van der Waals surface area contributed by atoms with Gasteiger partial charge in [0.15, 0.2) is 0 Å². The second kappa shape index (κ2) is 6.68. The molecule has 0 bridgehead atoms. The Morgan fingerprint density at radius 1 is 1.30 bits per heavy atom. The number of benzene rings is 1. The molecule has 2 aromatic rings. The summed E-state index contributed by atoms with van der Waals surface area (Å²) in [7, 11) is 0. The lowest BCUT2D eigenvalue weighted by Crippen LogP contribution is -2.42. The van der Waals surface area contributed by atoms with Crippen LogP contribution in [0.1, 0.15) is 30.3 Å². The summed E-state index contributed by atoms with van der Waals surface area (Å²) in [5, 5.41) is 12.8.